The van der Waals surface area contributed by atoms with Crippen LogP contribution >= 0.6 is 0 Å². The Bertz CT molecular complexity index is 1200. The molecular formula is C28H32N3O+. The number of anilines is 1. The van der Waals surface area contributed by atoms with Crippen LogP contribution in [0.1, 0.15) is 40.7 Å². The van der Waals surface area contributed by atoms with E-state index in [-0.39, 0.29) is 17.9 Å². The Morgan fingerprint density at radius 2 is 1.62 bits per heavy atom. The first-order valence-corrected chi connectivity index (χ1v) is 11.3. The maximum absolute atomic E-state index is 13.0. The number of nitrogens with one attached hydrogen (secondary N) is 2. The number of carbonyl (C=O) groups excluding carboxylic acids is 1. The number of amides is 1. The minimum Gasteiger partial charge on any atom is -0.361 e. The van der Waals surface area contributed by atoms with E-state index in [0.717, 1.165) is 28.9 Å². The number of aryl methyl sites for hydroxylation is 3. The van der Waals surface area contributed by atoms with E-state index >= 15 is 0 Å². The molecule has 32 heavy (non-hydrogen) atoms. The topological polar surface area (TPSA) is 61.5 Å². The molecule has 2 atom stereocenters. The molecule has 0 spiro atoms. The van der Waals surface area contributed by atoms with Gasteiger partial charge in [-0.2, -0.15) is 0 Å². The first kappa shape index (κ1) is 21.8. The smallest absolute Gasteiger partial charge is 0.282 e. The molecule has 4 N–H and O–H groups in total. The Morgan fingerprint density at radius 3 is 2.34 bits per heavy atom. The molecule has 0 saturated heterocycles. The second kappa shape index (κ2) is 9.41. The number of para-hydroxylation sites is 1. The van der Waals surface area contributed by atoms with Gasteiger partial charge in [-0.25, -0.2) is 0 Å². The Morgan fingerprint density at radius 1 is 0.969 bits per heavy atom. The third kappa shape index (κ3) is 4.61. The lowest BCUT2D eigenvalue weighted by molar-refractivity contribution is -0.674. The molecule has 1 aromatic heterocycles. The van der Waals surface area contributed by atoms with Crippen LogP contribution in [0, 0.1) is 20.8 Å². The van der Waals surface area contributed by atoms with E-state index in [4.69, 9.17) is 0 Å². The molecule has 4 rings (SSSR count). The minimum absolute atomic E-state index is 0.0331. The van der Waals surface area contributed by atoms with Gasteiger partial charge < -0.3 is 15.6 Å². The van der Waals surface area contributed by atoms with Crippen molar-refractivity contribution in [1.82, 2.24) is 4.98 Å². The van der Waals surface area contributed by atoms with E-state index in [1.165, 1.54) is 22.1 Å². The molecule has 1 amide bonds. The summed E-state index contributed by atoms with van der Waals surface area (Å²) in [6, 6.07) is 23.0. The number of nitrogens with two attached hydrogens (primary N) is 1. The number of benzene rings is 3. The van der Waals surface area contributed by atoms with Crippen LogP contribution < -0.4 is 10.6 Å². The van der Waals surface area contributed by atoms with Crippen LogP contribution in [0.3, 0.4) is 0 Å². The Hall–Kier alpha value is -3.37. The number of hydrogen-bond donors (Lipinski definition) is 3. The van der Waals surface area contributed by atoms with Crippen molar-refractivity contribution < 1.29 is 10.1 Å². The van der Waals surface area contributed by atoms with Crippen LogP contribution in [0.2, 0.25) is 0 Å². The van der Waals surface area contributed by atoms with E-state index in [2.05, 4.69) is 83.3 Å². The van der Waals surface area contributed by atoms with Crippen molar-refractivity contribution in [3.8, 4) is 0 Å². The lowest BCUT2D eigenvalue weighted by Gasteiger charge is -2.19. The molecular weight excluding hydrogens is 394 g/mol. The molecule has 1 heterocycles. The quantitative estimate of drug-likeness (QED) is 0.390. The molecule has 0 aliphatic carbocycles. The van der Waals surface area contributed by atoms with E-state index in [9.17, 15) is 4.79 Å². The minimum atomic E-state index is -0.202. The van der Waals surface area contributed by atoms with Gasteiger partial charge in [-0.1, -0.05) is 66.2 Å². The predicted octanol–water partition coefficient (Wildman–Crippen LogP) is 4.82. The summed E-state index contributed by atoms with van der Waals surface area (Å²) in [6.45, 7) is 8.94. The third-order valence-electron chi connectivity index (χ3n) is 6.26. The fourth-order valence-electron chi connectivity index (χ4n) is 4.57. The maximum atomic E-state index is 13.0. The van der Waals surface area contributed by atoms with Gasteiger partial charge in [0.05, 0.1) is 12.5 Å². The summed E-state index contributed by atoms with van der Waals surface area (Å²) in [5, 5.41) is 6.54. The highest BCUT2D eigenvalue weighted by Gasteiger charge is 2.24. The number of rotatable bonds is 7. The average Bonchev–Trinajstić information content (AvgIpc) is 3.21. The van der Waals surface area contributed by atoms with Gasteiger partial charge in [0, 0.05) is 22.8 Å². The third-order valence-corrected chi connectivity index (χ3v) is 6.26. The van der Waals surface area contributed by atoms with Gasteiger partial charge in [0.1, 0.15) is 0 Å². The molecule has 4 heteroatoms. The maximum Gasteiger partial charge on any atom is 0.282 e. The van der Waals surface area contributed by atoms with Gasteiger partial charge in [0.15, 0.2) is 6.04 Å². The summed E-state index contributed by atoms with van der Waals surface area (Å²) >= 11 is 0. The molecule has 0 fully saturated rings. The fraction of sp³-hybridized carbons (Fsp3) is 0.250. The van der Waals surface area contributed by atoms with E-state index in [0.29, 0.717) is 0 Å². The fourth-order valence-corrected chi connectivity index (χ4v) is 4.57. The predicted molar refractivity (Wildman–Crippen MR) is 132 cm³/mol. The van der Waals surface area contributed by atoms with Crippen molar-refractivity contribution >= 4 is 22.5 Å². The number of aromatic nitrogens is 1. The van der Waals surface area contributed by atoms with E-state index in [1.807, 2.05) is 32.9 Å². The molecule has 0 bridgehead atoms. The zero-order chi connectivity index (χ0) is 22.7. The lowest BCUT2D eigenvalue weighted by atomic mass is 9.90. The average molecular weight is 427 g/mol. The van der Waals surface area contributed by atoms with E-state index < -0.39 is 0 Å². The number of quaternary nitrogens is 1. The zero-order valence-corrected chi connectivity index (χ0v) is 19.3. The molecule has 3 aromatic carbocycles. The van der Waals surface area contributed by atoms with Gasteiger partial charge in [-0.05, 0) is 56.0 Å². The van der Waals surface area contributed by atoms with Crippen molar-refractivity contribution in [2.24, 2.45) is 0 Å². The summed E-state index contributed by atoms with van der Waals surface area (Å²) in [5.41, 5.74) is 8.00. The van der Waals surface area contributed by atoms with Crippen LogP contribution in [0.4, 0.5) is 5.69 Å². The highest BCUT2D eigenvalue weighted by molar-refractivity contribution is 5.95. The zero-order valence-electron chi connectivity index (χ0n) is 19.3. The first-order chi connectivity index (χ1) is 15.4. The number of carbonyl (C=O) groups is 1. The van der Waals surface area contributed by atoms with Crippen LogP contribution in [0.5, 0.6) is 0 Å². The summed E-state index contributed by atoms with van der Waals surface area (Å²) < 4.78 is 0. The van der Waals surface area contributed by atoms with Crippen LogP contribution in [-0.4, -0.2) is 23.5 Å². The van der Waals surface area contributed by atoms with Gasteiger partial charge in [0.25, 0.3) is 5.91 Å². The number of hydrogen-bond acceptors (Lipinski definition) is 1. The number of aromatic amines is 1. The molecule has 4 nitrogen and oxygen atoms in total. The van der Waals surface area contributed by atoms with Crippen LogP contribution in [0.25, 0.3) is 10.9 Å². The van der Waals surface area contributed by atoms with Crippen molar-refractivity contribution in [3.63, 3.8) is 0 Å². The van der Waals surface area contributed by atoms with Gasteiger partial charge in [-0.15, -0.1) is 0 Å². The lowest BCUT2D eigenvalue weighted by Crippen LogP contribution is -2.92. The first-order valence-electron chi connectivity index (χ1n) is 11.3. The molecule has 0 unspecified atom stereocenters. The summed E-state index contributed by atoms with van der Waals surface area (Å²) in [4.78, 5) is 16.4. The van der Waals surface area contributed by atoms with Gasteiger partial charge in [0.2, 0.25) is 0 Å². The highest BCUT2D eigenvalue weighted by Crippen LogP contribution is 2.30. The van der Waals surface area contributed by atoms with Crippen molar-refractivity contribution in [2.75, 3.05) is 11.9 Å². The molecule has 0 aliphatic heterocycles. The Labute approximate surface area is 190 Å². The SMILES string of the molecule is Cc1cc(C)c(NC(=O)[C@H](C)[NH2+]C[C@H](c2ccccc2)c2c[nH]c3ccccc23)c(C)c1. The number of H-pyrrole nitrogens is 1. The van der Waals surface area contributed by atoms with Crippen molar-refractivity contribution in [2.45, 2.75) is 39.7 Å². The number of fused-ring (bicyclic) bond motifs is 1. The Balaban J connectivity index is 1.53. The second-order valence-corrected chi connectivity index (χ2v) is 8.78. The molecule has 164 valence electrons. The van der Waals surface area contributed by atoms with Crippen LogP contribution in [0.15, 0.2) is 72.9 Å². The summed E-state index contributed by atoms with van der Waals surface area (Å²) in [6.07, 6.45) is 2.11. The standard InChI is InChI=1S/C28H31N3O/c1-18-14-19(2)27(20(3)15-18)31-28(32)21(4)29-16-24(22-10-6-5-7-11-22)25-17-30-26-13-9-8-12-23(25)26/h5-15,17,21,24,29-30H,16H2,1-4H3,(H,31,32)/p+1/t21-,24+/m0/s1. The normalized spacial score (nSPS) is 13.1. The largest absolute Gasteiger partial charge is 0.361 e. The summed E-state index contributed by atoms with van der Waals surface area (Å²) in [5.74, 6) is 0.219. The molecule has 0 radical (unpaired) electrons. The monoisotopic (exact) mass is 426 g/mol. The molecule has 0 aliphatic rings. The van der Waals surface area contributed by atoms with Crippen molar-refractivity contribution in [1.29, 1.82) is 0 Å². The van der Waals surface area contributed by atoms with Crippen molar-refractivity contribution in [3.05, 3.63) is 101 Å². The highest BCUT2D eigenvalue weighted by atomic mass is 16.2. The van der Waals surface area contributed by atoms with Gasteiger partial charge >= 0.3 is 0 Å². The molecule has 4 aromatic rings. The second-order valence-electron chi connectivity index (χ2n) is 8.78. The Kier molecular flexibility index (Phi) is 6.42. The summed E-state index contributed by atoms with van der Waals surface area (Å²) in [7, 11) is 0. The van der Waals surface area contributed by atoms with Crippen LogP contribution in [-0.2, 0) is 4.79 Å². The molecule has 0 saturated carbocycles. The van der Waals surface area contributed by atoms with E-state index in [1.54, 1.807) is 0 Å². The van der Waals surface area contributed by atoms with Gasteiger partial charge in [-0.3, -0.25) is 4.79 Å².